The van der Waals surface area contributed by atoms with Crippen LogP contribution in [-0.2, 0) is 9.59 Å². The Labute approximate surface area is 152 Å². The molecule has 2 aromatic rings. The van der Waals surface area contributed by atoms with Crippen molar-refractivity contribution in [2.75, 3.05) is 5.32 Å². The van der Waals surface area contributed by atoms with Gasteiger partial charge < -0.3 is 5.32 Å². The molecule has 6 heteroatoms. The van der Waals surface area contributed by atoms with Crippen molar-refractivity contribution < 1.29 is 9.59 Å². The van der Waals surface area contributed by atoms with Gasteiger partial charge in [-0.15, -0.1) is 0 Å². The molecule has 130 valence electrons. The first-order valence-electron chi connectivity index (χ1n) is 7.88. The van der Waals surface area contributed by atoms with Crippen LogP contribution in [0, 0.1) is 6.92 Å². The molecule has 0 radical (unpaired) electrons. The molecule has 0 heterocycles. The third-order valence-electron chi connectivity index (χ3n) is 3.70. The lowest BCUT2D eigenvalue weighted by Crippen LogP contribution is -2.32. The summed E-state index contributed by atoms with van der Waals surface area (Å²) in [7, 11) is 0. The Morgan fingerprint density at radius 1 is 1.08 bits per heavy atom. The maximum atomic E-state index is 11.9. The number of hydrogen-bond acceptors (Lipinski definition) is 3. The van der Waals surface area contributed by atoms with E-state index in [2.05, 4.69) is 29.7 Å². The van der Waals surface area contributed by atoms with Crippen LogP contribution in [0.3, 0.4) is 0 Å². The lowest BCUT2D eigenvalue weighted by molar-refractivity contribution is -0.136. The van der Waals surface area contributed by atoms with Gasteiger partial charge in [0, 0.05) is 10.7 Å². The molecule has 0 unspecified atom stereocenters. The van der Waals surface area contributed by atoms with Gasteiger partial charge in [0.15, 0.2) is 0 Å². The van der Waals surface area contributed by atoms with E-state index < -0.39 is 11.8 Å². The van der Waals surface area contributed by atoms with Crippen molar-refractivity contribution in [2.45, 2.75) is 26.7 Å². The molecule has 2 rings (SSSR count). The molecule has 0 aliphatic heterocycles. The van der Waals surface area contributed by atoms with Crippen LogP contribution in [0.5, 0.6) is 0 Å². The zero-order valence-electron chi connectivity index (χ0n) is 14.3. The van der Waals surface area contributed by atoms with E-state index in [1.54, 1.807) is 25.1 Å². The van der Waals surface area contributed by atoms with Crippen LogP contribution in [0.15, 0.2) is 47.6 Å². The van der Waals surface area contributed by atoms with Crippen LogP contribution in [0.1, 0.15) is 36.5 Å². The van der Waals surface area contributed by atoms with Crippen molar-refractivity contribution >= 4 is 35.3 Å². The average molecular weight is 358 g/mol. The SMILES string of the molecule is Cc1c(Cl)cccc1NC(=O)C(=O)N/N=C/c1ccc(C(C)C)cc1. The fraction of sp³-hybridized carbons (Fsp3) is 0.211. The van der Waals surface area contributed by atoms with Gasteiger partial charge in [0.05, 0.1) is 6.21 Å². The number of nitrogens with one attached hydrogen (secondary N) is 2. The van der Waals surface area contributed by atoms with Crippen molar-refractivity contribution in [1.82, 2.24) is 5.43 Å². The molecule has 2 amide bonds. The molecule has 0 atom stereocenters. The number of nitrogens with zero attached hydrogens (tertiary/aromatic N) is 1. The van der Waals surface area contributed by atoms with Crippen LogP contribution in [0.4, 0.5) is 5.69 Å². The monoisotopic (exact) mass is 357 g/mol. The maximum Gasteiger partial charge on any atom is 0.329 e. The average Bonchev–Trinajstić information content (AvgIpc) is 2.59. The number of carbonyl (C=O) groups excluding carboxylic acids is 2. The fourth-order valence-electron chi connectivity index (χ4n) is 2.11. The van der Waals surface area contributed by atoms with Crippen molar-refractivity contribution in [3.8, 4) is 0 Å². The van der Waals surface area contributed by atoms with Gasteiger partial charge in [-0.3, -0.25) is 9.59 Å². The van der Waals surface area contributed by atoms with Gasteiger partial charge in [-0.1, -0.05) is 55.8 Å². The summed E-state index contributed by atoms with van der Waals surface area (Å²) in [6.07, 6.45) is 1.49. The number of hydrazone groups is 1. The summed E-state index contributed by atoms with van der Waals surface area (Å²) in [5.41, 5.74) is 5.44. The van der Waals surface area contributed by atoms with Gasteiger partial charge >= 0.3 is 11.8 Å². The first-order valence-corrected chi connectivity index (χ1v) is 8.25. The molecule has 0 saturated carbocycles. The summed E-state index contributed by atoms with van der Waals surface area (Å²) in [4.78, 5) is 23.7. The Hall–Kier alpha value is -2.66. The van der Waals surface area contributed by atoms with E-state index >= 15 is 0 Å². The van der Waals surface area contributed by atoms with Gasteiger partial charge in [0.25, 0.3) is 0 Å². The Morgan fingerprint density at radius 2 is 1.76 bits per heavy atom. The van der Waals surface area contributed by atoms with E-state index in [0.717, 1.165) is 5.56 Å². The highest BCUT2D eigenvalue weighted by Crippen LogP contribution is 2.22. The van der Waals surface area contributed by atoms with Crippen LogP contribution >= 0.6 is 11.6 Å². The zero-order chi connectivity index (χ0) is 18.4. The highest BCUT2D eigenvalue weighted by Gasteiger charge is 2.14. The quantitative estimate of drug-likeness (QED) is 0.495. The lowest BCUT2D eigenvalue weighted by Gasteiger charge is -2.08. The molecule has 25 heavy (non-hydrogen) atoms. The topological polar surface area (TPSA) is 70.6 Å². The molecule has 0 spiro atoms. The predicted molar refractivity (Wildman–Crippen MR) is 101 cm³/mol. The van der Waals surface area contributed by atoms with Gasteiger partial charge in [0.1, 0.15) is 0 Å². The number of anilines is 1. The van der Waals surface area contributed by atoms with E-state index in [9.17, 15) is 9.59 Å². The molecule has 0 bridgehead atoms. The molecule has 0 aliphatic carbocycles. The maximum absolute atomic E-state index is 11.9. The normalized spacial score (nSPS) is 10.9. The van der Waals surface area contributed by atoms with E-state index in [4.69, 9.17) is 11.6 Å². The fourth-order valence-corrected chi connectivity index (χ4v) is 2.28. The molecule has 2 aromatic carbocycles. The van der Waals surface area contributed by atoms with Crippen LogP contribution in [-0.4, -0.2) is 18.0 Å². The van der Waals surface area contributed by atoms with Gasteiger partial charge in [-0.25, -0.2) is 5.43 Å². The molecule has 0 saturated heterocycles. The number of hydrogen-bond donors (Lipinski definition) is 2. The second kappa shape index (κ2) is 8.44. The Kier molecular flexibility index (Phi) is 6.31. The first-order chi connectivity index (χ1) is 11.9. The summed E-state index contributed by atoms with van der Waals surface area (Å²) < 4.78 is 0. The summed E-state index contributed by atoms with van der Waals surface area (Å²) in [6, 6.07) is 12.9. The summed E-state index contributed by atoms with van der Waals surface area (Å²) >= 11 is 5.98. The van der Waals surface area contributed by atoms with E-state index in [0.29, 0.717) is 22.2 Å². The largest absolute Gasteiger partial charge is 0.329 e. The van der Waals surface area contributed by atoms with E-state index in [-0.39, 0.29) is 0 Å². The third kappa shape index (κ3) is 5.16. The molecular formula is C19H20ClN3O2. The van der Waals surface area contributed by atoms with Crippen molar-refractivity contribution in [3.63, 3.8) is 0 Å². The Bertz CT molecular complexity index is 799. The molecule has 0 aromatic heterocycles. The number of carbonyl (C=O) groups is 2. The second-order valence-corrected chi connectivity index (χ2v) is 6.29. The van der Waals surface area contributed by atoms with Gasteiger partial charge in [-0.2, -0.15) is 5.10 Å². The molecule has 0 aliphatic rings. The number of benzene rings is 2. The van der Waals surface area contributed by atoms with Crippen molar-refractivity contribution in [2.24, 2.45) is 5.10 Å². The molecule has 0 fully saturated rings. The highest BCUT2D eigenvalue weighted by atomic mass is 35.5. The number of amides is 2. The Balaban J connectivity index is 1.92. The predicted octanol–water partition coefficient (Wildman–Crippen LogP) is 3.86. The molecule has 5 nitrogen and oxygen atoms in total. The minimum absolute atomic E-state index is 0.448. The standard InChI is InChI=1S/C19H20ClN3O2/c1-12(2)15-9-7-14(8-10-15)11-21-23-19(25)18(24)22-17-6-4-5-16(20)13(17)3/h4-12H,1-3H3,(H,22,24)(H,23,25)/b21-11+. The lowest BCUT2D eigenvalue weighted by atomic mass is 10.0. The Morgan fingerprint density at radius 3 is 2.40 bits per heavy atom. The van der Waals surface area contributed by atoms with Crippen LogP contribution in [0.25, 0.3) is 0 Å². The minimum atomic E-state index is -0.852. The first kappa shape index (κ1) is 18.7. The van der Waals surface area contributed by atoms with E-state index in [1.165, 1.54) is 11.8 Å². The minimum Gasteiger partial charge on any atom is -0.317 e. The molecular weight excluding hydrogens is 338 g/mol. The third-order valence-corrected chi connectivity index (χ3v) is 4.11. The smallest absolute Gasteiger partial charge is 0.317 e. The second-order valence-electron chi connectivity index (χ2n) is 5.89. The number of halogens is 1. The highest BCUT2D eigenvalue weighted by molar-refractivity contribution is 6.40. The summed E-state index contributed by atoms with van der Waals surface area (Å²) in [5.74, 6) is -1.21. The van der Waals surface area contributed by atoms with Crippen molar-refractivity contribution in [1.29, 1.82) is 0 Å². The summed E-state index contributed by atoms with van der Waals surface area (Å²) in [6.45, 7) is 5.99. The van der Waals surface area contributed by atoms with Crippen molar-refractivity contribution in [3.05, 3.63) is 64.2 Å². The number of rotatable bonds is 4. The molecule has 2 N–H and O–H groups in total. The van der Waals surface area contributed by atoms with Crippen LogP contribution in [0.2, 0.25) is 5.02 Å². The van der Waals surface area contributed by atoms with Crippen LogP contribution < -0.4 is 10.7 Å². The zero-order valence-corrected chi connectivity index (χ0v) is 15.1. The summed E-state index contributed by atoms with van der Waals surface area (Å²) in [5, 5.41) is 6.83. The van der Waals surface area contributed by atoms with Gasteiger partial charge in [0.2, 0.25) is 0 Å². The van der Waals surface area contributed by atoms with Gasteiger partial charge in [-0.05, 0) is 41.7 Å². The van der Waals surface area contributed by atoms with E-state index in [1.807, 2.05) is 24.3 Å².